The van der Waals surface area contributed by atoms with Gasteiger partial charge in [0.2, 0.25) is 0 Å². The van der Waals surface area contributed by atoms with E-state index in [-0.39, 0.29) is 6.42 Å². The smallest absolute Gasteiger partial charge is 0.304 e. The zero-order valence-electron chi connectivity index (χ0n) is 10.7. The van der Waals surface area contributed by atoms with Crippen molar-refractivity contribution in [2.24, 2.45) is 17.8 Å². The second kappa shape index (κ2) is 3.98. The van der Waals surface area contributed by atoms with E-state index in [0.717, 1.165) is 24.3 Å². The number of nitrogens with zero attached hydrogens (tertiary/aromatic N) is 1. The topological polar surface area (TPSA) is 40.5 Å². The lowest BCUT2D eigenvalue weighted by molar-refractivity contribution is -0.138. The maximum Gasteiger partial charge on any atom is 0.304 e. The fourth-order valence-corrected chi connectivity index (χ4v) is 5.03. The van der Waals surface area contributed by atoms with Crippen molar-refractivity contribution < 1.29 is 9.90 Å². The van der Waals surface area contributed by atoms with Gasteiger partial charge in [-0.1, -0.05) is 0 Å². The van der Waals surface area contributed by atoms with Gasteiger partial charge < -0.3 is 10.0 Å². The quantitative estimate of drug-likeness (QED) is 0.816. The van der Waals surface area contributed by atoms with Gasteiger partial charge in [0.05, 0.1) is 6.42 Å². The highest BCUT2D eigenvalue weighted by Gasteiger charge is 2.52. The summed E-state index contributed by atoms with van der Waals surface area (Å²) in [7, 11) is 2.15. The molecule has 0 spiro atoms. The molecule has 4 aliphatic carbocycles. The summed E-state index contributed by atoms with van der Waals surface area (Å²) in [5, 5.41) is 8.82. The van der Waals surface area contributed by atoms with Crippen molar-refractivity contribution in [1.29, 1.82) is 0 Å². The van der Waals surface area contributed by atoms with Crippen molar-refractivity contribution in [2.75, 3.05) is 13.6 Å². The number of hydrogen-bond donors (Lipinski definition) is 1. The van der Waals surface area contributed by atoms with Gasteiger partial charge in [0.15, 0.2) is 0 Å². The molecule has 17 heavy (non-hydrogen) atoms. The highest BCUT2D eigenvalue weighted by Crippen LogP contribution is 2.57. The fourth-order valence-electron chi connectivity index (χ4n) is 5.03. The Hall–Kier alpha value is -0.570. The highest BCUT2D eigenvalue weighted by molar-refractivity contribution is 5.66. The van der Waals surface area contributed by atoms with E-state index in [9.17, 15) is 4.79 Å². The molecular weight excluding hydrogens is 214 g/mol. The molecule has 0 aromatic rings. The predicted octanol–water partition coefficient (Wildman–Crippen LogP) is 2.36. The molecule has 0 heterocycles. The first kappa shape index (κ1) is 11.5. The highest BCUT2D eigenvalue weighted by atomic mass is 16.4. The number of aliphatic carboxylic acids is 1. The van der Waals surface area contributed by atoms with Crippen LogP contribution in [0.3, 0.4) is 0 Å². The molecule has 4 bridgehead atoms. The molecule has 4 rings (SSSR count). The Morgan fingerprint density at radius 2 is 1.65 bits per heavy atom. The summed E-state index contributed by atoms with van der Waals surface area (Å²) in [6, 6.07) is 0. The van der Waals surface area contributed by atoms with Crippen molar-refractivity contribution in [3.05, 3.63) is 0 Å². The van der Waals surface area contributed by atoms with Gasteiger partial charge in [0.1, 0.15) is 0 Å². The van der Waals surface area contributed by atoms with E-state index in [1.165, 1.54) is 38.5 Å². The van der Waals surface area contributed by atoms with E-state index in [1.54, 1.807) is 0 Å². The Bertz CT molecular complexity index is 291. The van der Waals surface area contributed by atoms with Gasteiger partial charge in [-0.05, 0) is 63.3 Å². The van der Waals surface area contributed by atoms with Crippen molar-refractivity contribution in [3.8, 4) is 0 Å². The molecule has 0 saturated heterocycles. The van der Waals surface area contributed by atoms with Gasteiger partial charge in [0, 0.05) is 12.1 Å². The van der Waals surface area contributed by atoms with Gasteiger partial charge in [-0.25, -0.2) is 0 Å². The Balaban J connectivity index is 1.70. The van der Waals surface area contributed by atoms with Gasteiger partial charge in [-0.15, -0.1) is 0 Å². The van der Waals surface area contributed by atoms with Gasteiger partial charge in [-0.2, -0.15) is 0 Å². The second-order valence-corrected chi connectivity index (χ2v) is 6.71. The van der Waals surface area contributed by atoms with E-state index in [1.807, 2.05) is 0 Å². The summed E-state index contributed by atoms with van der Waals surface area (Å²) in [4.78, 5) is 13.1. The molecule has 4 fully saturated rings. The molecule has 4 aliphatic rings. The van der Waals surface area contributed by atoms with Gasteiger partial charge in [0.25, 0.3) is 0 Å². The molecule has 0 aromatic heterocycles. The lowest BCUT2D eigenvalue weighted by Crippen LogP contribution is -2.59. The average Bonchev–Trinajstić information content (AvgIpc) is 2.23. The van der Waals surface area contributed by atoms with E-state index in [4.69, 9.17) is 5.11 Å². The molecule has 3 nitrogen and oxygen atoms in total. The van der Waals surface area contributed by atoms with Crippen molar-refractivity contribution >= 4 is 5.97 Å². The summed E-state index contributed by atoms with van der Waals surface area (Å²) < 4.78 is 0. The third-order valence-electron chi connectivity index (χ3n) is 5.48. The summed E-state index contributed by atoms with van der Waals surface area (Å²) in [5.41, 5.74) is 0.365. The lowest BCUT2D eigenvalue weighted by Gasteiger charge is -2.60. The van der Waals surface area contributed by atoms with Crippen LogP contribution in [0.1, 0.15) is 44.9 Å². The summed E-state index contributed by atoms with van der Waals surface area (Å²) >= 11 is 0. The monoisotopic (exact) mass is 237 g/mol. The van der Waals surface area contributed by atoms with Crippen LogP contribution in [0.2, 0.25) is 0 Å². The van der Waals surface area contributed by atoms with E-state index in [0.29, 0.717) is 5.54 Å². The molecule has 0 unspecified atom stereocenters. The van der Waals surface area contributed by atoms with E-state index < -0.39 is 5.97 Å². The van der Waals surface area contributed by atoms with Gasteiger partial charge >= 0.3 is 5.97 Å². The summed E-state index contributed by atoms with van der Waals surface area (Å²) in [6.07, 6.45) is 8.63. The molecule has 4 saturated carbocycles. The number of rotatable bonds is 4. The molecule has 1 N–H and O–H groups in total. The Morgan fingerprint density at radius 1 is 1.18 bits per heavy atom. The number of hydrogen-bond acceptors (Lipinski definition) is 2. The molecule has 0 aromatic carbocycles. The van der Waals surface area contributed by atoms with Crippen LogP contribution in [0.5, 0.6) is 0 Å². The van der Waals surface area contributed by atoms with Crippen LogP contribution < -0.4 is 0 Å². The summed E-state index contributed by atoms with van der Waals surface area (Å²) in [6.45, 7) is 0.724. The maximum atomic E-state index is 10.7. The van der Waals surface area contributed by atoms with E-state index >= 15 is 0 Å². The summed E-state index contributed by atoms with van der Waals surface area (Å²) in [5.74, 6) is 2.15. The Morgan fingerprint density at radius 3 is 2.06 bits per heavy atom. The number of carboxylic acid groups (broad SMARTS) is 1. The minimum Gasteiger partial charge on any atom is -0.481 e. The maximum absolute atomic E-state index is 10.7. The SMILES string of the molecule is CN(CCC(=O)O)C12CC3CC(CC(C3)C1)C2. The predicted molar refractivity (Wildman–Crippen MR) is 65.8 cm³/mol. The standard InChI is InChI=1S/C14H23NO2/c1-15(3-2-13(16)17)14-7-10-4-11(8-14)6-12(5-10)9-14/h10-12H,2-9H2,1H3,(H,16,17). The average molecular weight is 237 g/mol. The zero-order chi connectivity index (χ0) is 12.0. The van der Waals surface area contributed by atoms with E-state index in [2.05, 4.69) is 11.9 Å². The van der Waals surface area contributed by atoms with Crippen LogP contribution in [-0.4, -0.2) is 35.1 Å². The second-order valence-electron chi connectivity index (χ2n) is 6.71. The molecule has 0 atom stereocenters. The molecule has 0 amide bonds. The lowest BCUT2D eigenvalue weighted by atomic mass is 9.52. The molecule has 0 aliphatic heterocycles. The molecule has 96 valence electrons. The zero-order valence-corrected chi connectivity index (χ0v) is 10.7. The largest absolute Gasteiger partial charge is 0.481 e. The number of carbonyl (C=O) groups is 1. The van der Waals surface area contributed by atoms with Crippen molar-refractivity contribution in [1.82, 2.24) is 4.90 Å². The Labute approximate surface area is 103 Å². The van der Waals surface area contributed by atoms with Crippen LogP contribution in [0.4, 0.5) is 0 Å². The van der Waals surface area contributed by atoms with Crippen LogP contribution in [0, 0.1) is 17.8 Å². The van der Waals surface area contributed by atoms with Crippen LogP contribution in [-0.2, 0) is 4.79 Å². The van der Waals surface area contributed by atoms with Crippen molar-refractivity contribution in [3.63, 3.8) is 0 Å². The first-order chi connectivity index (χ1) is 8.07. The first-order valence-electron chi connectivity index (χ1n) is 7.00. The number of carboxylic acids is 1. The minimum atomic E-state index is -0.665. The third kappa shape index (κ3) is 1.99. The van der Waals surface area contributed by atoms with Crippen LogP contribution in [0.25, 0.3) is 0 Å². The first-order valence-corrected chi connectivity index (χ1v) is 7.00. The molecule has 0 radical (unpaired) electrons. The normalized spacial score (nSPS) is 43.3. The minimum absolute atomic E-state index is 0.290. The van der Waals surface area contributed by atoms with Crippen LogP contribution >= 0.6 is 0 Å². The molecular formula is C14H23NO2. The fraction of sp³-hybridized carbons (Fsp3) is 0.929. The molecule has 3 heteroatoms. The Kier molecular flexibility index (Phi) is 2.69. The van der Waals surface area contributed by atoms with Crippen molar-refractivity contribution in [2.45, 2.75) is 50.5 Å². The van der Waals surface area contributed by atoms with Gasteiger partial charge in [-0.3, -0.25) is 4.79 Å². The third-order valence-corrected chi connectivity index (χ3v) is 5.48. The van der Waals surface area contributed by atoms with Crippen LogP contribution in [0.15, 0.2) is 0 Å².